The Balaban J connectivity index is 3.53. The van der Waals surface area contributed by atoms with Gasteiger partial charge in [0.1, 0.15) is 0 Å². The molecule has 0 rings (SSSR count). The number of carbonyl (C=O) groups excluding carboxylic acids is 11. The SMILES string of the molecule is CCCCC(CC)COC(=O)CCCCCOC(=O)CCCCCOC(=O)CCCCCOC(=O)CCCCCOC(=O)CCCCCOC(=O)CCCCCOC(=O)CCCCCOC(=O)CCCCCOC(=O)CCCCCOC(=O)CCCOC(=O)C(C)C. The van der Waals surface area contributed by atoms with Crippen LogP contribution in [-0.4, -0.2) is 138 Å². The molecule has 0 bridgehead atoms. The molecule has 22 nitrogen and oxygen atoms in total. The summed E-state index contributed by atoms with van der Waals surface area (Å²) in [4.78, 5) is 132. The monoisotopic (exact) mass is 1310 g/mol. The quantitative estimate of drug-likeness (QED) is 0.0310. The summed E-state index contributed by atoms with van der Waals surface area (Å²) in [6.45, 7) is 11.1. The smallest absolute Gasteiger partial charge is 0.308 e. The largest absolute Gasteiger partial charge is 0.466 e. The van der Waals surface area contributed by atoms with E-state index < -0.39 is 0 Å². The summed E-state index contributed by atoms with van der Waals surface area (Å²) in [6.07, 6.45) is 26.0. The van der Waals surface area contributed by atoms with Crippen molar-refractivity contribution in [3.05, 3.63) is 0 Å². The zero-order valence-electron chi connectivity index (χ0n) is 57.1. The Labute approximate surface area is 550 Å². The van der Waals surface area contributed by atoms with Crippen molar-refractivity contribution in [2.75, 3.05) is 72.7 Å². The van der Waals surface area contributed by atoms with Gasteiger partial charge >= 0.3 is 65.7 Å². The molecule has 0 aromatic carbocycles. The highest BCUT2D eigenvalue weighted by atomic mass is 16.6. The molecule has 92 heavy (non-hydrogen) atoms. The molecule has 0 amide bonds. The van der Waals surface area contributed by atoms with Crippen molar-refractivity contribution in [1.82, 2.24) is 0 Å². The minimum Gasteiger partial charge on any atom is -0.466 e. The number of hydrogen-bond acceptors (Lipinski definition) is 22. The summed E-state index contributed by atoms with van der Waals surface area (Å²) in [7, 11) is 0. The molecule has 0 saturated carbocycles. The van der Waals surface area contributed by atoms with E-state index in [1.54, 1.807) is 13.8 Å². The summed E-state index contributed by atoms with van der Waals surface area (Å²) in [5, 5.41) is 0. The fourth-order valence-corrected chi connectivity index (χ4v) is 8.99. The van der Waals surface area contributed by atoms with E-state index in [4.69, 9.17) is 52.1 Å². The minimum atomic E-state index is -0.338. The molecule has 22 heteroatoms. The maximum atomic E-state index is 12.1. The number of hydrogen-bond donors (Lipinski definition) is 0. The zero-order chi connectivity index (χ0) is 67.8. The molecular formula is C70H120O22. The number of unbranched alkanes of at least 4 members (excludes halogenated alkanes) is 19. The van der Waals surface area contributed by atoms with Gasteiger partial charge in [-0.15, -0.1) is 0 Å². The molecular weight excluding hydrogens is 1190 g/mol. The van der Waals surface area contributed by atoms with Gasteiger partial charge in [0.2, 0.25) is 0 Å². The normalized spacial score (nSPS) is 11.3. The number of ether oxygens (including phenoxy) is 11. The van der Waals surface area contributed by atoms with Crippen LogP contribution in [0.2, 0.25) is 0 Å². The molecule has 0 radical (unpaired) electrons. The Morgan fingerprint density at radius 2 is 0.424 bits per heavy atom. The van der Waals surface area contributed by atoms with Gasteiger partial charge in [-0.3, -0.25) is 52.7 Å². The van der Waals surface area contributed by atoms with E-state index in [1.807, 2.05) is 0 Å². The Hall–Kier alpha value is -5.83. The first-order chi connectivity index (χ1) is 44.6. The van der Waals surface area contributed by atoms with Gasteiger partial charge in [-0.1, -0.05) is 47.0 Å². The molecule has 0 aromatic heterocycles. The topological polar surface area (TPSA) is 289 Å². The van der Waals surface area contributed by atoms with Crippen LogP contribution in [0.15, 0.2) is 0 Å². The van der Waals surface area contributed by atoms with E-state index in [1.165, 1.54) is 0 Å². The van der Waals surface area contributed by atoms with E-state index in [2.05, 4.69) is 13.8 Å². The van der Waals surface area contributed by atoms with Crippen LogP contribution in [0.1, 0.15) is 297 Å². The van der Waals surface area contributed by atoms with E-state index in [-0.39, 0.29) is 156 Å². The minimum absolute atomic E-state index is 0.157. The highest BCUT2D eigenvalue weighted by molar-refractivity contribution is 5.73. The second kappa shape index (κ2) is 63.9. The molecule has 0 heterocycles. The van der Waals surface area contributed by atoms with Crippen LogP contribution in [0.4, 0.5) is 0 Å². The molecule has 0 fully saturated rings. The molecule has 532 valence electrons. The van der Waals surface area contributed by atoms with Crippen LogP contribution in [0.3, 0.4) is 0 Å². The van der Waals surface area contributed by atoms with Gasteiger partial charge in [0.25, 0.3) is 0 Å². The third-order valence-electron chi connectivity index (χ3n) is 14.9. The fourth-order valence-electron chi connectivity index (χ4n) is 8.99. The number of carbonyl (C=O) groups is 11. The van der Waals surface area contributed by atoms with Gasteiger partial charge in [0.15, 0.2) is 0 Å². The van der Waals surface area contributed by atoms with Crippen LogP contribution in [0, 0.1) is 11.8 Å². The van der Waals surface area contributed by atoms with Crippen molar-refractivity contribution in [3.63, 3.8) is 0 Å². The van der Waals surface area contributed by atoms with Crippen molar-refractivity contribution in [1.29, 1.82) is 0 Å². The Kier molecular flexibility index (Phi) is 59.9. The lowest BCUT2D eigenvalue weighted by atomic mass is 10.0. The summed E-state index contributed by atoms with van der Waals surface area (Å²) >= 11 is 0. The molecule has 0 aromatic rings. The molecule has 1 unspecified atom stereocenters. The van der Waals surface area contributed by atoms with Gasteiger partial charge in [-0.2, -0.15) is 0 Å². The highest BCUT2D eigenvalue weighted by Crippen LogP contribution is 2.15. The van der Waals surface area contributed by atoms with Crippen molar-refractivity contribution < 1.29 is 105 Å². The van der Waals surface area contributed by atoms with E-state index in [0.29, 0.717) is 187 Å². The Morgan fingerprint density at radius 1 is 0.228 bits per heavy atom. The zero-order valence-corrected chi connectivity index (χ0v) is 57.1. The lowest BCUT2D eigenvalue weighted by Crippen LogP contribution is -2.13. The Bertz CT molecular complexity index is 1950. The standard InChI is InChI=1S/C70H120O22/c1-5-7-36-59(6-2)57-92-69(80)45-25-16-34-54-89-67(78)43-23-14-32-52-87-65(76)41-21-12-30-50-85-63(74)39-19-10-28-48-83-61(72)37-17-8-26-47-82-60(71)38-18-9-27-49-84-62(73)40-20-11-29-51-86-64(75)42-22-13-31-53-88-66(77)44-24-15-33-55-90-68(79)46-35-56-91-70(81)58(3)4/h58-59H,5-57H2,1-4H3. The van der Waals surface area contributed by atoms with Crippen LogP contribution >= 0.6 is 0 Å². The summed E-state index contributed by atoms with van der Waals surface area (Å²) < 4.78 is 58.0. The highest BCUT2D eigenvalue weighted by Gasteiger charge is 2.14. The molecule has 0 aliphatic heterocycles. The second-order valence-electron chi connectivity index (χ2n) is 23.8. The van der Waals surface area contributed by atoms with Gasteiger partial charge in [-0.25, -0.2) is 0 Å². The predicted octanol–water partition coefficient (Wildman–Crippen LogP) is 13.7. The van der Waals surface area contributed by atoms with Crippen molar-refractivity contribution in [2.24, 2.45) is 11.8 Å². The van der Waals surface area contributed by atoms with Crippen molar-refractivity contribution >= 4 is 65.7 Å². The molecule has 1 atom stereocenters. The molecule has 0 spiro atoms. The third-order valence-corrected chi connectivity index (χ3v) is 14.9. The van der Waals surface area contributed by atoms with E-state index >= 15 is 0 Å². The summed E-state index contributed by atoms with van der Waals surface area (Å²) in [5.41, 5.74) is 0. The molecule has 0 saturated heterocycles. The first-order valence-electron chi connectivity index (χ1n) is 35.3. The van der Waals surface area contributed by atoms with Gasteiger partial charge in [0.05, 0.1) is 78.6 Å². The lowest BCUT2D eigenvalue weighted by Gasteiger charge is -2.14. The number of esters is 11. The van der Waals surface area contributed by atoms with Crippen molar-refractivity contribution in [2.45, 2.75) is 297 Å². The first-order valence-corrected chi connectivity index (χ1v) is 35.3. The molecule has 0 aliphatic rings. The summed E-state index contributed by atoms with van der Waals surface area (Å²) in [5.74, 6) is -2.74. The van der Waals surface area contributed by atoms with Crippen LogP contribution in [-0.2, 0) is 105 Å². The maximum Gasteiger partial charge on any atom is 0.308 e. The lowest BCUT2D eigenvalue weighted by molar-refractivity contribution is -0.150. The summed E-state index contributed by atoms with van der Waals surface area (Å²) in [6, 6.07) is 0. The van der Waals surface area contributed by atoms with E-state index in [9.17, 15) is 52.7 Å². The Morgan fingerprint density at radius 3 is 0.620 bits per heavy atom. The second-order valence-corrected chi connectivity index (χ2v) is 23.8. The number of rotatable bonds is 65. The van der Waals surface area contributed by atoms with Crippen LogP contribution in [0.5, 0.6) is 0 Å². The van der Waals surface area contributed by atoms with Gasteiger partial charge in [-0.05, 0) is 192 Å². The van der Waals surface area contributed by atoms with E-state index in [0.717, 1.165) is 77.0 Å². The van der Waals surface area contributed by atoms with Crippen LogP contribution in [0.25, 0.3) is 0 Å². The molecule has 0 aliphatic carbocycles. The average molecular weight is 1310 g/mol. The molecule has 0 N–H and O–H groups in total. The van der Waals surface area contributed by atoms with Gasteiger partial charge < -0.3 is 52.1 Å². The third kappa shape index (κ3) is 61.7. The predicted molar refractivity (Wildman–Crippen MR) is 344 cm³/mol. The van der Waals surface area contributed by atoms with Crippen LogP contribution < -0.4 is 0 Å². The maximum absolute atomic E-state index is 12.1. The fraction of sp³-hybridized carbons (Fsp3) is 0.843. The average Bonchev–Trinajstić information content (AvgIpc) is 3.60. The first kappa shape index (κ1) is 86.2. The van der Waals surface area contributed by atoms with Crippen molar-refractivity contribution in [3.8, 4) is 0 Å². The van der Waals surface area contributed by atoms with Gasteiger partial charge in [0, 0.05) is 64.2 Å².